The highest BCUT2D eigenvalue weighted by molar-refractivity contribution is 6.88. The van der Waals surface area contributed by atoms with Crippen LogP contribution in [0.2, 0.25) is 19.6 Å². The van der Waals surface area contributed by atoms with E-state index in [9.17, 15) is 0 Å². The second-order valence-corrected chi connectivity index (χ2v) is 11.1. The quantitative estimate of drug-likeness (QED) is 0.697. The van der Waals surface area contributed by atoms with Crippen molar-refractivity contribution in [3.8, 4) is 5.75 Å². The van der Waals surface area contributed by atoms with Gasteiger partial charge < -0.3 is 4.74 Å². The lowest BCUT2D eigenvalue weighted by molar-refractivity contribution is 0.131. The minimum absolute atomic E-state index is 0.110. The molecule has 0 aliphatic rings. The standard InChI is InChI=1S/C13H22OSi/c1-13(2,3)14-11-7-9-12(10-8-11)15(4,5)6/h7-10H,1-6H3. The second-order valence-electron chi connectivity index (χ2n) is 5.99. The Balaban J connectivity index is 2.82. The van der Waals surface area contributed by atoms with Gasteiger partial charge in [0.15, 0.2) is 0 Å². The van der Waals surface area contributed by atoms with E-state index in [1.165, 1.54) is 5.19 Å². The molecule has 0 aliphatic heterocycles. The van der Waals surface area contributed by atoms with E-state index in [1.54, 1.807) is 0 Å². The third-order valence-corrected chi connectivity index (χ3v) is 4.21. The summed E-state index contributed by atoms with van der Waals surface area (Å²) in [6.07, 6.45) is 0. The maximum absolute atomic E-state index is 5.78. The zero-order valence-corrected chi connectivity index (χ0v) is 11.7. The van der Waals surface area contributed by atoms with Crippen LogP contribution >= 0.6 is 0 Å². The number of hydrogen-bond donors (Lipinski definition) is 0. The Labute approximate surface area is 94.5 Å². The first-order valence-electron chi connectivity index (χ1n) is 5.48. The summed E-state index contributed by atoms with van der Waals surface area (Å²) in [4.78, 5) is 0. The third kappa shape index (κ3) is 4.08. The smallest absolute Gasteiger partial charge is 0.120 e. The average molecular weight is 222 g/mol. The number of benzene rings is 1. The van der Waals surface area contributed by atoms with Crippen molar-refractivity contribution in [3.63, 3.8) is 0 Å². The molecule has 0 spiro atoms. The zero-order valence-electron chi connectivity index (χ0n) is 10.7. The Kier molecular flexibility index (Phi) is 3.29. The first-order valence-corrected chi connectivity index (χ1v) is 8.98. The molecule has 84 valence electrons. The van der Waals surface area contributed by atoms with Gasteiger partial charge in [0.2, 0.25) is 0 Å². The van der Waals surface area contributed by atoms with Crippen molar-refractivity contribution in [2.75, 3.05) is 0 Å². The molecule has 0 aromatic heterocycles. The predicted molar refractivity (Wildman–Crippen MR) is 69.8 cm³/mol. The number of hydrogen-bond acceptors (Lipinski definition) is 1. The normalized spacial score (nSPS) is 12.7. The fourth-order valence-electron chi connectivity index (χ4n) is 1.38. The van der Waals surface area contributed by atoms with Gasteiger partial charge >= 0.3 is 0 Å². The van der Waals surface area contributed by atoms with Crippen molar-refractivity contribution in [2.45, 2.75) is 46.0 Å². The van der Waals surface area contributed by atoms with Crippen molar-refractivity contribution >= 4 is 13.3 Å². The van der Waals surface area contributed by atoms with Gasteiger partial charge in [-0.2, -0.15) is 0 Å². The molecule has 15 heavy (non-hydrogen) atoms. The minimum Gasteiger partial charge on any atom is -0.488 e. The first kappa shape index (κ1) is 12.3. The van der Waals surface area contributed by atoms with Crippen LogP contribution in [0.5, 0.6) is 5.75 Å². The van der Waals surface area contributed by atoms with E-state index in [-0.39, 0.29) is 5.60 Å². The molecular weight excluding hydrogens is 200 g/mol. The van der Waals surface area contributed by atoms with E-state index in [1.807, 2.05) is 0 Å². The average Bonchev–Trinajstić information content (AvgIpc) is 2.00. The number of rotatable bonds is 2. The van der Waals surface area contributed by atoms with Crippen LogP contribution in [0.1, 0.15) is 20.8 Å². The highest BCUT2D eigenvalue weighted by atomic mass is 28.3. The molecule has 0 heterocycles. The highest BCUT2D eigenvalue weighted by Gasteiger charge is 2.17. The van der Waals surface area contributed by atoms with Crippen molar-refractivity contribution in [1.82, 2.24) is 0 Å². The summed E-state index contributed by atoms with van der Waals surface area (Å²) in [5.41, 5.74) is -0.110. The van der Waals surface area contributed by atoms with Crippen molar-refractivity contribution in [2.24, 2.45) is 0 Å². The molecule has 1 aromatic rings. The Morgan fingerprint density at radius 3 is 1.73 bits per heavy atom. The Morgan fingerprint density at radius 2 is 1.40 bits per heavy atom. The van der Waals surface area contributed by atoms with Crippen LogP contribution in [0.25, 0.3) is 0 Å². The van der Waals surface area contributed by atoms with E-state index < -0.39 is 8.07 Å². The van der Waals surface area contributed by atoms with Gasteiger partial charge in [0.05, 0.1) is 8.07 Å². The third-order valence-electron chi connectivity index (χ3n) is 2.14. The molecule has 1 rings (SSSR count). The SMILES string of the molecule is CC(C)(C)Oc1ccc([Si](C)(C)C)cc1. The van der Waals surface area contributed by atoms with Crippen molar-refractivity contribution in [3.05, 3.63) is 24.3 Å². The monoisotopic (exact) mass is 222 g/mol. The Morgan fingerprint density at radius 1 is 0.933 bits per heavy atom. The van der Waals surface area contributed by atoms with Crippen LogP contribution < -0.4 is 9.92 Å². The lowest BCUT2D eigenvalue weighted by Gasteiger charge is -2.22. The Hall–Kier alpha value is -0.763. The molecule has 0 amide bonds. The van der Waals surface area contributed by atoms with E-state index in [2.05, 4.69) is 64.7 Å². The van der Waals surface area contributed by atoms with Gasteiger partial charge in [-0.25, -0.2) is 0 Å². The molecule has 2 heteroatoms. The first-order chi connectivity index (χ1) is 6.68. The lowest BCUT2D eigenvalue weighted by Crippen LogP contribution is -2.37. The van der Waals surface area contributed by atoms with Crippen LogP contribution in [0.3, 0.4) is 0 Å². The van der Waals surface area contributed by atoms with Gasteiger partial charge in [-0.1, -0.05) is 37.0 Å². The molecule has 0 aliphatic carbocycles. The van der Waals surface area contributed by atoms with Crippen LogP contribution in [-0.2, 0) is 0 Å². The molecular formula is C13H22OSi. The van der Waals surface area contributed by atoms with E-state index in [0.29, 0.717) is 0 Å². The summed E-state index contributed by atoms with van der Waals surface area (Å²) < 4.78 is 5.78. The van der Waals surface area contributed by atoms with Crippen molar-refractivity contribution in [1.29, 1.82) is 0 Å². The predicted octanol–water partition coefficient (Wildman–Crippen LogP) is 3.41. The second kappa shape index (κ2) is 4.01. The molecule has 0 bridgehead atoms. The van der Waals surface area contributed by atoms with Gasteiger partial charge in [0.1, 0.15) is 11.4 Å². The Bertz CT molecular complexity index is 314. The summed E-state index contributed by atoms with van der Waals surface area (Å²) in [6.45, 7) is 13.3. The van der Waals surface area contributed by atoms with Gasteiger partial charge in [0.25, 0.3) is 0 Å². The summed E-state index contributed by atoms with van der Waals surface area (Å²) in [5, 5.41) is 1.48. The minimum atomic E-state index is -1.17. The molecule has 0 saturated carbocycles. The fourth-order valence-corrected chi connectivity index (χ4v) is 2.54. The molecule has 0 N–H and O–H groups in total. The van der Waals surface area contributed by atoms with Crippen molar-refractivity contribution < 1.29 is 4.74 Å². The van der Waals surface area contributed by atoms with Gasteiger partial charge in [0, 0.05) is 0 Å². The maximum atomic E-state index is 5.78. The summed E-state index contributed by atoms with van der Waals surface area (Å²) in [6, 6.07) is 8.57. The topological polar surface area (TPSA) is 9.23 Å². The van der Waals surface area contributed by atoms with E-state index >= 15 is 0 Å². The molecule has 1 nitrogen and oxygen atoms in total. The summed E-state index contributed by atoms with van der Waals surface area (Å²) in [7, 11) is -1.17. The van der Waals surface area contributed by atoms with Crippen LogP contribution in [-0.4, -0.2) is 13.7 Å². The highest BCUT2D eigenvalue weighted by Crippen LogP contribution is 2.17. The van der Waals surface area contributed by atoms with E-state index in [4.69, 9.17) is 4.74 Å². The molecule has 0 unspecified atom stereocenters. The fraction of sp³-hybridized carbons (Fsp3) is 0.538. The molecule has 0 saturated heterocycles. The molecule has 0 radical (unpaired) electrons. The van der Waals surface area contributed by atoms with Gasteiger partial charge in [-0.15, -0.1) is 0 Å². The summed E-state index contributed by atoms with van der Waals surface area (Å²) in [5.74, 6) is 0.963. The summed E-state index contributed by atoms with van der Waals surface area (Å²) >= 11 is 0. The van der Waals surface area contributed by atoms with Gasteiger partial charge in [-0.05, 0) is 32.9 Å². The molecule has 1 aromatic carbocycles. The molecule has 0 atom stereocenters. The number of ether oxygens (including phenoxy) is 1. The van der Waals surface area contributed by atoms with Crippen LogP contribution in [0.4, 0.5) is 0 Å². The van der Waals surface area contributed by atoms with Crippen LogP contribution in [0, 0.1) is 0 Å². The van der Waals surface area contributed by atoms with Gasteiger partial charge in [-0.3, -0.25) is 0 Å². The van der Waals surface area contributed by atoms with Crippen LogP contribution in [0.15, 0.2) is 24.3 Å². The lowest BCUT2D eigenvalue weighted by atomic mass is 10.2. The zero-order chi connectivity index (χ0) is 11.7. The largest absolute Gasteiger partial charge is 0.488 e. The van der Waals surface area contributed by atoms with E-state index in [0.717, 1.165) is 5.75 Å². The maximum Gasteiger partial charge on any atom is 0.120 e. The molecule has 0 fully saturated rings.